The largest absolute Gasteiger partial charge is 0.468 e. The molecule has 0 saturated heterocycles. The van der Waals surface area contributed by atoms with Gasteiger partial charge < -0.3 is 19.1 Å². The van der Waals surface area contributed by atoms with Crippen molar-refractivity contribution >= 4 is 85.5 Å². The van der Waals surface area contributed by atoms with Crippen LogP contribution in [0.15, 0.2) is 138 Å². The zero-order valence-corrected chi connectivity index (χ0v) is 52.9. The summed E-state index contributed by atoms with van der Waals surface area (Å²) in [5, 5.41) is 1.16. The molecule has 5 heteroatoms. The van der Waals surface area contributed by atoms with Crippen LogP contribution in [0, 0.1) is 0 Å². The van der Waals surface area contributed by atoms with Crippen molar-refractivity contribution in [1.29, 1.82) is 0 Å². The van der Waals surface area contributed by atoms with E-state index in [4.69, 9.17) is 4.42 Å². The number of hydrogen-bond acceptors (Lipinski definition) is 4. The van der Waals surface area contributed by atoms with E-state index in [1.165, 1.54) is 96.7 Å². The van der Waals surface area contributed by atoms with Crippen molar-refractivity contribution in [3.8, 4) is 0 Å². The molecule has 0 radical (unpaired) electrons. The number of furan rings is 1. The Morgan fingerprint density at radius 2 is 0.815 bits per heavy atom. The van der Waals surface area contributed by atoms with E-state index < -0.39 is 0 Å². The predicted octanol–water partition coefficient (Wildman–Crippen LogP) is 19.9. The summed E-state index contributed by atoms with van der Waals surface area (Å²) in [5.41, 5.74) is 26.0. The second-order valence-corrected chi connectivity index (χ2v) is 31.7. The number of fused-ring (bicyclic) bond motifs is 8. The zero-order valence-electron chi connectivity index (χ0n) is 52.9. The molecule has 1 aromatic heterocycles. The molecule has 0 unspecified atom stereocenters. The molecule has 0 atom stereocenters. The summed E-state index contributed by atoms with van der Waals surface area (Å²) in [6.07, 6.45) is 4.62. The van der Waals surface area contributed by atoms with E-state index in [0.717, 1.165) is 52.2 Å². The maximum Gasteiger partial charge on any atom is 0.297 e. The van der Waals surface area contributed by atoms with Gasteiger partial charge in [-0.2, -0.15) is 0 Å². The lowest BCUT2D eigenvalue weighted by Crippen LogP contribution is -2.61. The summed E-state index contributed by atoms with van der Waals surface area (Å²) in [7, 11) is 0. The molecular weight excluding hydrogens is 982 g/mol. The monoisotopic (exact) mass is 1070 g/mol. The van der Waals surface area contributed by atoms with E-state index in [2.05, 4.69) is 287 Å². The van der Waals surface area contributed by atoms with Crippen molar-refractivity contribution < 1.29 is 4.42 Å². The Hall–Kier alpha value is -6.46. The van der Waals surface area contributed by atoms with Gasteiger partial charge in [-0.05, 0) is 209 Å². The first kappa shape index (κ1) is 55.1. The highest BCUT2D eigenvalue weighted by atomic mass is 16.3. The summed E-state index contributed by atoms with van der Waals surface area (Å²) in [5.74, 6) is 0. The second-order valence-electron chi connectivity index (χ2n) is 31.7. The van der Waals surface area contributed by atoms with Gasteiger partial charge in [0.25, 0.3) is 6.71 Å². The molecule has 3 heterocycles. The number of benzene rings is 7. The Morgan fingerprint density at radius 3 is 1.28 bits per heavy atom. The lowest BCUT2D eigenvalue weighted by molar-refractivity contribution is 0.332. The first-order chi connectivity index (χ1) is 37.6. The van der Waals surface area contributed by atoms with Gasteiger partial charge in [-0.15, -0.1) is 0 Å². The van der Waals surface area contributed by atoms with E-state index in [-0.39, 0.29) is 50.0 Å². The van der Waals surface area contributed by atoms with Crippen LogP contribution >= 0.6 is 0 Å². The van der Waals surface area contributed by atoms with Gasteiger partial charge in [0.15, 0.2) is 0 Å². The molecule has 2 aliphatic carbocycles. The summed E-state index contributed by atoms with van der Waals surface area (Å²) in [6.45, 7) is 47.4. The standard InChI is InChI=1S/C76H90BN3O/c1-69(2,3)47-21-26-51(27-22-47)78(52-28-23-48(24-29-52)70(4,5)6)55-32-35-61-62(46-55)79(53-30-33-57-59(44-53)75(17,18)39-37-73(57,13)14)63-42-50(72(10,11)12)43-64-66(63)77(61)68-67(56-41-49(71(7,8)9)25-36-65(56)81-68)80(64)54-31-34-58-60(45-54)76(19,20)40-38-74(58,15)16/h21-36,41-46H,37-40H2,1-20H3. The van der Waals surface area contributed by atoms with E-state index in [0.29, 0.717) is 0 Å². The number of anilines is 9. The van der Waals surface area contributed by atoms with Crippen LogP contribution in [0.4, 0.5) is 51.2 Å². The Morgan fingerprint density at radius 1 is 0.395 bits per heavy atom. The van der Waals surface area contributed by atoms with Crippen LogP contribution in [0.2, 0.25) is 0 Å². The smallest absolute Gasteiger partial charge is 0.297 e. The minimum Gasteiger partial charge on any atom is -0.468 e. The normalized spacial score (nSPS) is 17.8. The average molecular weight is 1070 g/mol. The highest BCUT2D eigenvalue weighted by molar-refractivity contribution is 7.00. The minimum atomic E-state index is -0.201. The second kappa shape index (κ2) is 18.0. The van der Waals surface area contributed by atoms with Gasteiger partial charge >= 0.3 is 0 Å². The molecule has 0 N–H and O–H groups in total. The van der Waals surface area contributed by atoms with Crippen LogP contribution in [0.1, 0.15) is 209 Å². The number of hydrogen-bond donors (Lipinski definition) is 0. The maximum atomic E-state index is 7.59. The third-order valence-electron chi connectivity index (χ3n) is 19.8. The van der Waals surface area contributed by atoms with Crippen molar-refractivity contribution in [2.24, 2.45) is 0 Å². The van der Waals surface area contributed by atoms with Crippen molar-refractivity contribution in [3.63, 3.8) is 0 Å². The Balaban J connectivity index is 1.19. The van der Waals surface area contributed by atoms with Gasteiger partial charge in [0.05, 0.1) is 11.3 Å². The van der Waals surface area contributed by atoms with Gasteiger partial charge in [-0.25, -0.2) is 0 Å². The van der Waals surface area contributed by atoms with Crippen LogP contribution in [-0.4, -0.2) is 6.71 Å². The maximum absolute atomic E-state index is 7.59. The van der Waals surface area contributed by atoms with Crippen molar-refractivity contribution in [2.75, 3.05) is 14.7 Å². The summed E-state index contributed by atoms with van der Waals surface area (Å²) in [6, 6.07) is 53.0. The number of rotatable bonds is 5. The van der Waals surface area contributed by atoms with Gasteiger partial charge in [0.1, 0.15) is 5.58 Å². The van der Waals surface area contributed by atoms with Crippen LogP contribution in [0.25, 0.3) is 11.0 Å². The van der Waals surface area contributed by atoms with Gasteiger partial charge in [0, 0.05) is 50.9 Å². The molecule has 0 bridgehead atoms. The van der Waals surface area contributed by atoms with E-state index in [9.17, 15) is 0 Å². The molecular formula is C76H90BN3O. The lowest BCUT2D eigenvalue weighted by Gasteiger charge is -2.46. The molecule has 0 amide bonds. The van der Waals surface area contributed by atoms with Crippen LogP contribution in [0.3, 0.4) is 0 Å². The quantitative estimate of drug-likeness (QED) is 0.160. The molecule has 0 fully saturated rings. The van der Waals surface area contributed by atoms with Crippen LogP contribution < -0.4 is 31.3 Å². The van der Waals surface area contributed by atoms with Crippen molar-refractivity contribution in [1.82, 2.24) is 0 Å². The van der Waals surface area contributed by atoms with E-state index in [1.54, 1.807) is 0 Å². The van der Waals surface area contributed by atoms with Crippen molar-refractivity contribution in [3.05, 3.63) is 178 Å². The number of nitrogens with zero attached hydrogens (tertiary/aromatic N) is 3. The summed E-state index contributed by atoms with van der Waals surface area (Å²) < 4.78 is 7.59. The Bertz CT molecular complexity index is 3760. The molecule has 418 valence electrons. The molecule has 81 heavy (non-hydrogen) atoms. The first-order valence-electron chi connectivity index (χ1n) is 30.5. The highest BCUT2D eigenvalue weighted by Crippen LogP contribution is 2.54. The average Bonchev–Trinajstić information content (AvgIpc) is 1.98. The molecule has 0 saturated carbocycles. The topological polar surface area (TPSA) is 22.9 Å². The molecule has 2 aliphatic heterocycles. The highest BCUT2D eigenvalue weighted by Gasteiger charge is 2.49. The molecule has 4 nitrogen and oxygen atoms in total. The SMILES string of the molecule is CC(C)(C)c1ccc(N(c2ccc(C(C)(C)C)cc2)c2ccc3c(c2)N(c2ccc4c(c2)C(C)(C)CCC4(C)C)c2cc(C(C)(C)C)cc4c2B3c2oc3ccc(C(C)(C)C)cc3c2N4c2ccc3c(c2)C(C)(C)CCC3(C)C)cc1. The van der Waals surface area contributed by atoms with E-state index >= 15 is 0 Å². The van der Waals surface area contributed by atoms with Crippen LogP contribution in [-0.2, 0) is 43.3 Å². The first-order valence-corrected chi connectivity index (χ1v) is 30.5. The molecule has 7 aromatic carbocycles. The summed E-state index contributed by atoms with van der Waals surface area (Å²) in [4.78, 5) is 7.77. The Labute approximate surface area is 487 Å². The third-order valence-corrected chi connectivity index (χ3v) is 19.8. The molecule has 4 aliphatic rings. The van der Waals surface area contributed by atoms with Crippen molar-refractivity contribution in [2.45, 2.75) is 207 Å². The summed E-state index contributed by atoms with van der Waals surface area (Å²) >= 11 is 0. The fourth-order valence-electron chi connectivity index (χ4n) is 14.2. The third kappa shape index (κ3) is 9.09. The molecule has 12 rings (SSSR count). The van der Waals surface area contributed by atoms with Crippen LogP contribution in [0.5, 0.6) is 0 Å². The van der Waals surface area contributed by atoms with Gasteiger partial charge in [0.2, 0.25) is 0 Å². The Kier molecular flexibility index (Phi) is 12.3. The minimum absolute atomic E-state index is 0.00641. The van der Waals surface area contributed by atoms with Gasteiger partial charge in [-0.1, -0.05) is 187 Å². The van der Waals surface area contributed by atoms with Gasteiger partial charge in [-0.3, -0.25) is 0 Å². The molecule has 8 aromatic rings. The van der Waals surface area contributed by atoms with E-state index in [1.807, 2.05) is 0 Å². The zero-order chi connectivity index (χ0) is 58.1. The fraction of sp³-hybridized carbons (Fsp3) is 0.421. The molecule has 0 spiro atoms. The fourth-order valence-corrected chi connectivity index (χ4v) is 14.2. The lowest BCUT2D eigenvalue weighted by atomic mass is 9.35. The predicted molar refractivity (Wildman–Crippen MR) is 350 cm³/mol.